The van der Waals surface area contributed by atoms with E-state index in [0.717, 1.165) is 11.1 Å². The second-order valence-electron chi connectivity index (χ2n) is 4.79. The van der Waals surface area contributed by atoms with Crippen LogP contribution in [0.1, 0.15) is 21.5 Å². The summed E-state index contributed by atoms with van der Waals surface area (Å²) in [7, 11) is 0. The molecule has 2 aromatic rings. The molecule has 3 nitrogen and oxygen atoms in total. The maximum atomic E-state index is 13.1. The van der Waals surface area contributed by atoms with Crippen LogP contribution in [-0.2, 0) is 0 Å². The SMILES string of the molecule is Cc1cc(C)cc(C(=O)NC(=S)Nc2cccc(F)c2)c1. The second-order valence-corrected chi connectivity index (χ2v) is 5.20. The van der Waals surface area contributed by atoms with Crippen LogP contribution >= 0.6 is 12.2 Å². The van der Waals surface area contributed by atoms with Crippen molar-refractivity contribution in [3.63, 3.8) is 0 Å². The Morgan fingerprint density at radius 2 is 1.76 bits per heavy atom. The van der Waals surface area contributed by atoms with Crippen molar-refractivity contribution in [1.29, 1.82) is 0 Å². The number of thiocarbonyl (C=S) groups is 1. The van der Waals surface area contributed by atoms with Gasteiger partial charge in [-0.1, -0.05) is 23.3 Å². The number of carbonyl (C=O) groups excluding carboxylic acids is 1. The molecule has 0 bridgehead atoms. The number of nitrogens with one attached hydrogen (secondary N) is 2. The predicted octanol–water partition coefficient (Wildman–Crippen LogP) is 3.57. The van der Waals surface area contributed by atoms with E-state index < -0.39 is 0 Å². The van der Waals surface area contributed by atoms with Gasteiger partial charge in [-0.3, -0.25) is 10.1 Å². The Kier molecular flexibility index (Phi) is 4.65. The maximum absolute atomic E-state index is 13.1. The van der Waals surface area contributed by atoms with Crippen LogP contribution < -0.4 is 10.6 Å². The van der Waals surface area contributed by atoms with Crippen LogP contribution in [0.4, 0.5) is 10.1 Å². The molecule has 0 heterocycles. The van der Waals surface area contributed by atoms with Crippen LogP contribution in [0.5, 0.6) is 0 Å². The molecule has 108 valence electrons. The minimum atomic E-state index is -0.372. The van der Waals surface area contributed by atoms with Crippen molar-refractivity contribution in [2.45, 2.75) is 13.8 Å². The molecule has 0 fully saturated rings. The molecular formula is C16H15FN2OS. The Labute approximate surface area is 128 Å². The molecule has 5 heteroatoms. The molecule has 0 spiro atoms. The van der Waals surface area contributed by atoms with Gasteiger partial charge in [0.2, 0.25) is 0 Å². The Morgan fingerprint density at radius 3 is 2.38 bits per heavy atom. The van der Waals surface area contributed by atoms with Crippen molar-refractivity contribution in [2.24, 2.45) is 0 Å². The van der Waals surface area contributed by atoms with Gasteiger partial charge in [-0.25, -0.2) is 4.39 Å². The zero-order valence-electron chi connectivity index (χ0n) is 11.7. The van der Waals surface area contributed by atoms with E-state index in [1.165, 1.54) is 12.1 Å². The van der Waals surface area contributed by atoms with E-state index >= 15 is 0 Å². The second kappa shape index (κ2) is 6.45. The Balaban J connectivity index is 2.03. The molecule has 0 radical (unpaired) electrons. The van der Waals surface area contributed by atoms with Gasteiger partial charge in [0, 0.05) is 11.3 Å². The highest BCUT2D eigenvalue weighted by Gasteiger charge is 2.09. The third-order valence-corrected chi connectivity index (χ3v) is 3.00. The van der Waals surface area contributed by atoms with E-state index in [0.29, 0.717) is 11.3 Å². The monoisotopic (exact) mass is 302 g/mol. The molecule has 0 aromatic heterocycles. The number of hydrogen-bond donors (Lipinski definition) is 2. The fraction of sp³-hybridized carbons (Fsp3) is 0.125. The predicted molar refractivity (Wildman–Crippen MR) is 86.0 cm³/mol. The summed E-state index contributed by atoms with van der Waals surface area (Å²) in [4.78, 5) is 12.1. The summed E-state index contributed by atoms with van der Waals surface area (Å²) in [6.45, 7) is 3.85. The van der Waals surface area contributed by atoms with Crippen molar-refractivity contribution in [3.8, 4) is 0 Å². The molecule has 2 N–H and O–H groups in total. The number of anilines is 1. The maximum Gasteiger partial charge on any atom is 0.257 e. The molecule has 2 rings (SSSR count). The first-order chi connectivity index (χ1) is 9.94. The van der Waals surface area contributed by atoms with Crippen molar-refractivity contribution in [1.82, 2.24) is 5.32 Å². The standard InChI is InChI=1S/C16H15FN2OS/c1-10-6-11(2)8-12(7-10)15(20)19-16(21)18-14-5-3-4-13(17)9-14/h3-9H,1-2H3,(H2,18,19,20,21). The zero-order valence-corrected chi connectivity index (χ0v) is 12.6. The fourth-order valence-corrected chi connectivity index (χ4v) is 2.22. The summed E-state index contributed by atoms with van der Waals surface area (Å²) in [5, 5.41) is 5.48. The molecule has 1 amide bonds. The van der Waals surface area contributed by atoms with E-state index in [1.807, 2.05) is 19.9 Å². The number of rotatable bonds is 2. The van der Waals surface area contributed by atoms with Crippen molar-refractivity contribution >= 4 is 28.9 Å². The van der Waals surface area contributed by atoms with Crippen molar-refractivity contribution in [3.05, 3.63) is 65.0 Å². The smallest absolute Gasteiger partial charge is 0.257 e. The summed E-state index contributed by atoms with van der Waals surface area (Å²) in [6.07, 6.45) is 0. The third-order valence-electron chi connectivity index (χ3n) is 2.79. The van der Waals surface area contributed by atoms with Gasteiger partial charge in [-0.2, -0.15) is 0 Å². The lowest BCUT2D eigenvalue weighted by Crippen LogP contribution is -2.34. The van der Waals surface area contributed by atoms with Crippen LogP contribution in [0.15, 0.2) is 42.5 Å². The number of aryl methyl sites for hydroxylation is 2. The first-order valence-corrected chi connectivity index (χ1v) is 6.81. The molecule has 0 aliphatic rings. The molecule has 0 saturated heterocycles. The number of halogens is 1. The molecule has 0 unspecified atom stereocenters. The molecule has 0 aliphatic heterocycles. The van der Waals surface area contributed by atoms with E-state index in [2.05, 4.69) is 10.6 Å². The van der Waals surface area contributed by atoms with Crippen LogP contribution in [-0.4, -0.2) is 11.0 Å². The molecule has 2 aromatic carbocycles. The van der Waals surface area contributed by atoms with Crippen LogP contribution in [0.2, 0.25) is 0 Å². The Bertz CT molecular complexity index is 680. The molecular weight excluding hydrogens is 287 g/mol. The molecule has 0 aliphatic carbocycles. The van der Waals surface area contributed by atoms with Gasteiger partial charge in [0.25, 0.3) is 5.91 Å². The minimum absolute atomic E-state index is 0.129. The average Bonchev–Trinajstić information content (AvgIpc) is 2.37. The van der Waals surface area contributed by atoms with Crippen molar-refractivity contribution in [2.75, 3.05) is 5.32 Å². The lowest BCUT2D eigenvalue weighted by molar-refractivity contribution is 0.0977. The summed E-state index contributed by atoms with van der Waals surface area (Å²) >= 11 is 5.06. The summed E-state index contributed by atoms with van der Waals surface area (Å²) in [5.41, 5.74) is 3.03. The third kappa shape index (κ3) is 4.36. The number of benzene rings is 2. The first-order valence-electron chi connectivity index (χ1n) is 6.40. The summed E-state index contributed by atoms with van der Waals surface area (Å²) < 4.78 is 13.1. The lowest BCUT2D eigenvalue weighted by Gasteiger charge is -2.10. The van der Waals surface area contributed by atoms with Gasteiger partial charge >= 0.3 is 0 Å². The molecule has 21 heavy (non-hydrogen) atoms. The average molecular weight is 302 g/mol. The molecule has 0 saturated carbocycles. The highest BCUT2D eigenvalue weighted by molar-refractivity contribution is 7.80. The quantitative estimate of drug-likeness (QED) is 0.833. The van der Waals surface area contributed by atoms with Crippen LogP contribution in [0.3, 0.4) is 0 Å². The minimum Gasteiger partial charge on any atom is -0.332 e. The van der Waals surface area contributed by atoms with Gasteiger partial charge < -0.3 is 5.32 Å². The highest BCUT2D eigenvalue weighted by Crippen LogP contribution is 2.10. The summed E-state index contributed by atoms with van der Waals surface area (Å²) in [5.74, 6) is -0.667. The first kappa shape index (κ1) is 15.1. The van der Waals surface area contributed by atoms with Gasteiger partial charge in [-0.15, -0.1) is 0 Å². The number of hydrogen-bond acceptors (Lipinski definition) is 2. The van der Waals surface area contributed by atoms with Gasteiger partial charge in [0.05, 0.1) is 0 Å². The van der Waals surface area contributed by atoms with E-state index in [4.69, 9.17) is 12.2 Å². The van der Waals surface area contributed by atoms with Crippen molar-refractivity contribution < 1.29 is 9.18 Å². The molecule has 0 atom stereocenters. The van der Waals surface area contributed by atoms with E-state index in [-0.39, 0.29) is 16.8 Å². The van der Waals surface area contributed by atoms with Gasteiger partial charge in [0.15, 0.2) is 5.11 Å². The fourth-order valence-electron chi connectivity index (χ4n) is 2.01. The largest absolute Gasteiger partial charge is 0.332 e. The van der Waals surface area contributed by atoms with Crippen LogP contribution in [0, 0.1) is 19.7 Å². The van der Waals surface area contributed by atoms with Gasteiger partial charge in [0.1, 0.15) is 5.82 Å². The summed E-state index contributed by atoms with van der Waals surface area (Å²) in [6, 6.07) is 11.4. The topological polar surface area (TPSA) is 41.1 Å². The van der Waals surface area contributed by atoms with E-state index in [9.17, 15) is 9.18 Å². The number of amides is 1. The highest BCUT2D eigenvalue weighted by atomic mass is 32.1. The Morgan fingerprint density at radius 1 is 1.10 bits per heavy atom. The number of carbonyl (C=O) groups is 1. The Hall–Kier alpha value is -2.27. The lowest BCUT2D eigenvalue weighted by atomic mass is 10.1. The normalized spacial score (nSPS) is 10.0. The zero-order chi connectivity index (χ0) is 15.4. The van der Waals surface area contributed by atoms with Gasteiger partial charge in [-0.05, 0) is 56.4 Å². The van der Waals surface area contributed by atoms with E-state index in [1.54, 1.807) is 24.3 Å². The van der Waals surface area contributed by atoms with Crippen LogP contribution in [0.25, 0.3) is 0 Å².